The summed E-state index contributed by atoms with van der Waals surface area (Å²) in [5.41, 5.74) is 2.30. The van der Waals surface area contributed by atoms with Gasteiger partial charge in [-0.15, -0.1) is 0 Å². The molecule has 0 atom stereocenters. The summed E-state index contributed by atoms with van der Waals surface area (Å²) in [4.78, 5) is 40.8. The van der Waals surface area contributed by atoms with E-state index in [9.17, 15) is 0 Å². The van der Waals surface area contributed by atoms with Gasteiger partial charge in [-0.2, -0.15) is 0 Å². The van der Waals surface area contributed by atoms with Gasteiger partial charge in [0, 0.05) is 77.5 Å². The van der Waals surface area contributed by atoms with E-state index in [1.807, 2.05) is 84.9 Å². The van der Waals surface area contributed by atoms with E-state index in [0.29, 0.717) is 22.6 Å². The fraction of sp³-hybridized carbons (Fsp3) is 0.0556. The molecule has 8 bridgehead atoms. The molecule has 2 aliphatic rings. The molecule has 0 saturated carbocycles. The maximum atomic E-state index is 7.71. The summed E-state index contributed by atoms with van der Waals surface area (Å²) in [6.07, 6.45) is 0. The van der Waals surface area contributed by atoms with Gasteiger partial charge >= 0.3 is 19.5 Å². The number of halogens is 12. The van der Waals surface area contributed by atoms with Crippen molar-refractivity contribution in [1.29, 1.82) is 0 Å². The first-order valence-corrected chi connectivity index (χ1v) is 33.9. The van der Waals surface area contributed by atoms with Crippen molar-refractivity contribution in [3.8, 4) is 137 Å². The first-order valence-electron chi connectivity index (χ1n) is 29.4. The molecular formula is C72H36Cl12N8O8Zn. The third kappa shape index (κ3) is 11.9. The summed E-state index contributed by atoms with van der Waals surface area (Å²) in [5.74, 6) is 0.463. The van der Waals surface area contributed by atoms with E-state index in [0.717, 1.165) is 11.1 Å². The zero-order valence-electron chi connectivity index (χ0n) is 51.9. The van der Waals surface area contributed by atoms with Crippen molar-refractivity contribution >= 4 is 183 Å². The number of hydrogen-bond donors (Lipinski definition) is 0. The first-order chi connectivity index (χ1) is 48.4. The minimum Gasteiger partial charge on any atom is -0.493 e. The summed E-state index contributed by atoms with van der Waals surface area (Å²) in [6.45, 7) is 0. The fourth-order valence-electron chi connectivity index (χ4n) is 11.6. The van der Waals surface area contributed by atoms with Crippen molar-refractivity contribution in [2.24, 2.45) is 0 Å². The molecule has 0 N–H and O–H groups in total. The predicted octanol–water partition coefficient (Wildman–Crippen LogP) is 24.5. The Balaban J connectivity index is 0.00000866. The number of aromatic nitrogens is 8. The van der Waals surface area contributed by atoms with Crippen molar-refractivity contribution in [2.75, 3.05) is 28.4 Å². The minimum absolute atomic E-state index is 0. The van der Waals surface area contributed by atoms with Crippen LogP contribution in [0.5, 0.6) is 69.0 Å². The van der Waals surface area contributed by atoms with E-state index in [-0.39, 0.29) is 227 Å². The van der Waals surface area contributed by atoms with E-state index in [4.69, 9.17) is 217 Å². The number of rotatable bonds is 14. The molecule has 29 heteroatoms. The van der Waals surface area contributed by atoms with Crippen LogP contribution in [0.2, 0.25) is 60.3 Å². The van der Waals surface area contributed by atoms with Crippen molar-refractivity contribution in [3.63, 3.8) is 0 Å². The van der Waals surface area contributed by atoms with E-state index < -0.39 is 0 Å². The molecule has 5 heterocycles. The monoisotopic (exact) mass is 1620 g/mol. The van der Waals surface area contributed by atoms with Crippen molar-refractivity contribution in [3.05, 3.63) is 206 Å². The number of para-hydroxylation sites is 4. The van der Waals surface area contributed by atoms with Crippen molar-refractivity contribution in [1.82, 2.24) is 39.9 Å². The van der Waals surface area contributed by atoms with Gasteiger partial charge in [0.15, 0.2) is 46.0 Å². The van der Waals surface area contributed by atoms with Crippen molar-refractivity contribution in [2.45, 2.75) is 0 Å². The van der Waals surface area contributed by atoms with Crippen molar-refractivity contribution < 1.29 is 57.4 Å². The number of fused-ring (bicyclic) bond motifs is 20. The topological polar surface area (TPSA) is 179 Å². The molecule has 13 aromatic rings. The minimum atomic E-state index is -0.213. The molecule has 2 aliphatic heterocycles. The Labute approximate surface area is 645 Å². The summed E-state index contributed by atoms with van der Waals surface area (Å²) in [7, 11) is 5.78. The van der Waals surface area contributed by atoms with Gasteiger partial charge in [-0.1, -0.05) is 248 Å². The molecule has 0 amide bonds. The van der Waals surface area contributed by atoms with Gasteiger partial charge in [0.05, 0.1) is 91.9 Å². The quantitative estimate of drug-likeness (QED) is 0.0740. The van der Waals surface area contributed by atoms with Crippen LogP contribution in [0.1, 0.15) is 0 Å². The Morgan fingerprint density at radius 1 is 0.248 bits per heavy atom. The average molecular weight is 1630 g/mol. The number of benzene rings is 10. The van der Waals surface area contributed by atoms with Crippen LogP contribution in [0.25, 0.3) is 112 Å². The second-order valence-corrected chi connectivity index (χ2v) is 26.2. The third-order valence-electron chi connectivity index (χ3n) is 16.1. The summed E-state index contributed by atoms with van der Waals surface area (Å²) < 4.78 is 49.5. The van der Waals surface area contributed by atoms with E-state index >= 15 is 0 Å². The Morgan fingerprint density at radius 3 is 0.861 bits per heavy atom. The molecule has 0 aliphatic carbocycles. The molecule has 0 saturated heterocycles. The molecule has 101 heavy (non-hydrogen) atoms. The number of hydrogen-bond acceptors (Lipinski definition) is 14. The molecule has 0 unspecified atom stereocenters. The Kier molecular flexibility index (Phi) is 19.7. The van der Waals surface area contributed by atoms with Gasteiger partial charge in [0.1, 0.15) is 31.6 Å². The molecule has 0 fully saturated rings. The Morgan fingerprint density at radius 2 is 0.515 bits per heavy atom. The van der Waals surface area contributed by atoms with Crippen LogP contribution in [-0.2, 0) is 19.5 Å². The molecule has 0 radical (unpaired) electrons. The largest absolute Gasteiger partial charge is 2.00 e. The standard InChI is InChI=1S/C72H36Cl12N8O8.Zn/c1-93-35-25-15-26-36(94-2)59(35)99-63-53(79)45-41(49(75)57(63)83)65-85-66-42-46(54(80)64(58(84)50(42)76)100-60-37(95-3)27-16-28-38(60)96-4)72(87-66)92-70-44-40(48(74)56(82)62(52(44)78)98-34-24-14-12-22-32(34)30-19-9-6-10-20-30)67(90-70)88-69-43-39(68(89-69)91-71(45)86-65)47(73)55(81)61(51(43)77)97-33-23-13-11-21-31(33)29-17-7-5-8-18-29;/h5-28H,1-4H3;/q-2;+2. The van der Waals surface area contributed by atoms with Crippen LogP contribution < -0.4 is 47.9 Å². The maximum absolute atomic E-state index is 7.71. The normalized spacial score (nSPS) is 11.5. The van der Waals surface area contributed by atoms with Crippen LogP contribution in [0.3, 0.4) is 0 Å². The average Bonchev–Trinajstić information content (AvgIpc) is 1.59. The van der Waals surface area contributed by atoms with Crippen LogP contribution in [-0.4, -0.2) is 58.3 Å². The van der Waals surface area contributed by atoms with E-state index in [1.165, 1.54) is 28.4 Å². The third-order valence-corrected chi connectivity index (χ3v) is 20.9. The Hall–Kier alpha value is -7.94. The predicted molar refractivity (Wildman–Crippen MR) is 397 cm³/mol. The number of ether oxygens (including phenoxy) is 8. The second-order valence-electron chi connectivity index (χ2n) is 21.7. The van der Waals surface area contributed by atoms with Crippen LogP contribution in [0.4, 0.5) is 0 Å². The molecular weight excluding hydrogens is 1600 g/mol. The van der Waals surface area contributed by atoms with Gasteiger partial charge in [0.25, 0.3) is 0 Å². The fourth-order valence-corrected chi connectivity index (χ4v) is 15.0. The summed E-state index contributed by atoms with van der Waals surface area (Å²) in [5, 5.41) is -1.96. The van der Waals surface area contributed by atoms with Gasteiger partial charge in [-0.05, 0) is 47.5 Å². The van der Waals surface area contributed by atoms with Gasteiger partial charge in [0.2, 0.25) is 11.5 Å². The number of methoxy groups -OCH3 is 4. The summed E-state index contributed by atoms with van der Waals surface area (Å²) in [6, 6.07) is 43.6. The molecule has 3 aromatic heterocycles. The molecule has 0 spiro atoms. The smallest absolute Gasteiger partial charge is 0.493 e. The molecule has 498 valence electrons. The van der Waals surface area contributed by atoms with Gasteiger partial charge < -0.3 is 67.8 Å². The molecule has 15 rings (SSSR count). The maximum Gasteiger partial charge on any atom is 2.00 e. The molecule has 10 aromatic carbocycles. The molecule has 16 nitrogen and oxygen atoms in total. The summed E-state index contributed by atoms with van der Waals surface area (Å²) >= 11 is 90.2. The second kappa shape index (κ2) is 28.4. The SMILES string of the molecule is COc1cccc(OC)c1Oc1c(Cl)c(Cl)c2c(c1Cl)-c1nc-2nc2[n-]c(nc3nc(nc4[n-]c(n1)c1c(Cl)c(Cl)c(Oc5ccccc5-c5ccccc5)c(Cl)c41)-c1c(Cl)c(Cl)c(Oc4ccccc4-c4ccccc4)c(Cl)c1-3)c1c(Cl)c(Oc3c(OC)cccc3OC)c(Cl)c(Cl)c21.[Zn+2]. The zero-order valence-corrected chi connectivity index (χ0v) is 64.0. The van der Waals surface area contributed by atoms with Crippen LogP contribution in [0.15, 0.2) is 146 Å². The van der Waals surface area contributed by atoms with E-state index in [2.05, 4.69) is 0 Å². The van der Waals surface area contributed by atoms with E-state index in [1.54, 1.807) is 60.7 Å². The zero-order chi connectivity index (χ0) is 69.7. The van der Waals surface area contributed by atoms with Crippen LogP contribution in [0, 0.1) is 0 Å². The van der Waals surface area contributed by atoms with Gasteiger partial charge in [-0.25, -0.2) is 9.97 Å². The van der Waals surface area contributed by atoms with Gasteiger partial charge in [-0.3, -0.25) is 0 Å². The first kappa shape index (κ1) is 70.1. The Bertz CT molecular complexity index is 5780. The number of nitrogens with zero attached hydrogens (tertiary/aromatic N) is 8. The van der Waals surface area contributed by atoms with Crippen LogP contribution >= 0.6 is 139 Å².